The van der Waals surface area contributed by atoms with E-state index >= 15 is 0 Å². The van der Waals surface area contributed by atoms with Gasteiger partial charge in [-0.15, -0.1) is 0 Å². The number of morpholine rings is 1. The van der Waals surface area contributed by atoms with Crippen LogP contribution in [0.15, 0.2) is 18.2 Å². The van der Waals surface area contributed by atoms with Crippen LogP contribution in [0.2, 0.25) is 0 Å². The Balaban J connectivity index is 2.19. The number of hydrogen-bond donors (Lipinski definition) is 1. The van der Waals surface area contributed by atoms with Crippen molar-refractivity contribution in [1.29, 1.82) is 0 Å². The van der Waals surface area contributed by atoms with Gasteiger partial charge >= 0.3 is 0 Å². The standard InChI is InChI=1S/C13H19FN2O/c1-9-7-16(8-10(2)17-9)11-4-5-13(15-3)12(14)6-11/h4-6,9-10,15H,7-8H2,1-3H3. The van der Waals surface area contributed by atoms with Crippen LogP contribution < -0.4 is 10.2 Å². The highest BCUT2D eigenvalue weighted by Gasteiger charge is 2.22. The summed E-state index contributed by atoms with van der Waals surface area (Å²) in [5.74, 6) is -0.211. The molecule has 1 fully saturated rings. The molecule has 1 aliphatic rings. The second-order valence-corrected chi connectivity index (χ2v) is 4.58. The van der Waals surface area contributed by atoms with Crippen LogP contribution in [0.3, 0.4) is 0 Å². The predicted molar refractivity (Wildman–Crippen MR) is 68.2 cm³/mol. The van der Waals surface area contributed by atoms with Gasteiger partial charge in [-0.3, -0.25) is 0 Å². The van der Waals surface area contributed by atoms with E-state index in [4.69, 9.17) is 4.74 Å². The molecule has 1 N–H and O–H groups in total. The lowest BCUT2D eigenvalue weighted by Gasteiger charge is -2.36. The molecule has 94 valence electrons. The molecular formula is C13H19FN2O. The summed E-state index contributed by atoms with van der Waals surface area (Å²) in [6.07, 6.45) is 0.372. The zero-order valence-corrected chi connectivity index (χ0v) is 10.5. The van der Waals surface area contributed by atoms with E-state index in [1.165, 1.54) is 0 Å². The largest absolute Gasteiger partial charge is 0.386 e. The second kappa shape index (κ2) is 4.92. The molecule has 0 spiro atoms. The fourth-order valence-electron chi connectivity index (χ4n) is 2.29. The van der Waals surface area contributed by atoms with Crippen LogP contribution in [0.4, 0.5) is 15.8 Å². The number of ether oxygens (including phenoxy) is 1. The number of halogens is 1. The van der Waals surface area contributed by atoms with E-state index in [1.54, 1.807) is 19.2 Å². The van der Waals surface area contributed by atoms with E-state index in [0.717, 1.165) is 18.8 Å². The van der Waals surface area contributed by atoms with Gasteiger partial charge in [0.05, 0.1) is 17.9 Å². The number of benzene rings is 1. The van der Waals surface area contributed by atoms with Gasteiger partial charge in [0, 0.05) is 25.8 Å². The van der Waals surface area contributed by atoms with E-state index in [0.29, 0.717) is 5.69 Å². The van der Waals surface area contributed by atoms with E-state index in [1.807, 2.05) is 19.9 Å². The third kappa shape index (κ3) is 2.69. The summed E-state index contributed by atoms with van der Waals surface area (Å²) in [5.41, 5.74) is 1.45. The predicted octanol–water partition coefficient (Wildman–Crippen LogP) is 2.48. The van der Waals surface area contributed by atoms with Crippen LogP contribution in [-0.4, -0.2) is 32.3 Å². The lowest BCUT2D eigenvalue weighted by atomic mass is 10.2. The average molecular weight is 238 g/mol. The normalized spacial score (nSPS) is 24.8. The molecular weight excluding hydrogens is 219 g/mol. The van der Waals surface area contributed by atoms with Crippen molar-refractivity contribution >= 4 is 11.4 Å². The summed E-state index contributed by atoms with van der Waals surface area (Å²) in [4.78, 5) is 2.17. The van der Waals surface area contributed by atoms with Crippen LogP contribution in [0.5, 0.6) is 0 Å². The van der Waals surface area contributed by atoms with E-state index < -0.39 is 0 Å². The lowest BCUT2D eigenvalue weighted by Crippen LogP contribution is -2.45. The third-order valence-corrected chi connectivity index (χ3v) is 3.01. The first-order chi connectivity index (χ1) is 8.10. The molecule has 0 saturated carbocycles. The molecule has 0 aliphatic carbocycles. The highest BCUT2D eigenvalue weighted by Crippen LogP contribution is 2.24. The summed E-state index contributed by atoms with van der Waals surface area (Å²) >= 11 is 0. The summed E-state index contributed by atoms with van der Waals surface area (Å²) in [7, 11) is 1.72. The van der Waals surface area contributed by atoms with E-state index in [2.05, 4.69) is 10.2 Å². The Hall–Kier alpha value is -1.29. The molecule has 0 amide bonds. The van der Waals surface area contributed by atoms with Gasteiger partial charge in [0.15, 0.2) is 0 Å². The Bertz CT molecular complexity index is 387. The Morgan fingerprint density at radius 1 is 1.29 bits per heavy atom. The van der Waals surface area contributed by atoms with Crippen molar-refractivity contribution in [2.45, 2.75) is 26.1 Å². The highest BCUT2D eigenvalue weighted by molar-refractivity contribution is 5.56. The molecule has 1 saturated heterocycles. The number of hydrogen-bond acceptors (Lipinski definition) is 3. The van der Waals surface area contributed by atoms with Crippen molar-refractivity contribution in [2.24, 2.45) is 0 Å². The SMILES string of the molecule is CNc1ccc(N2CC(C)OC(C)C2)cc1F. The van der Waals surface area contributed by atoms with Crippen molar-refractivity contribution in [3.63, 3.8) is 0 Å². The molecule has 2 unspecified atom stereocenters. The van der Waals surface area contributed by atoms with Crippen LogP contribution in [0.25, 0.3) is 0 Å². The van der Waals surface area contributed by atoms with Gasteiger partial charge in [-0.25, -0.2) is 4.39 Å². The number of nitrogens with one attached hydrogen (secondary N) is 1. The Labute approximate surface area is 102 Å². The first-order valence-electron chi connectivity index (χ1n) is 5.98. The van der Waals surface area contributed by atoms with Gasteiger partial charge in [-0.2, -0.15) is 0 Å². The van der Waals surface area contributed by atoms with Crippen LogP contribution in [-0.2, 0) is 4.74 Å². The minimum atomic E-state index is -0.211. The fraction of sp³-hybridized carbons (Fsp3) is 0.538. The zero-order valence-electron chi connectivity index (χ0n) is 10.5. The molecule has 0 radical (unpaired) electrons. The topological polar surface area (TPSA) is 24.5 Å². The second-order valence-electron chi connectivity index (χ2n) is 4.58. The Morgan fingerprint density at radius 2 is 1.94 bits per heavy atom. The molecule has 2 rings (SSSR count). The number of anilines is 2. The van der Waals surface area contributed by atoms with Gasteiger partial charge in [0.1, 0.15) is 5.82 Å². The summed E-state index contributed by atoms with van der Waals surface area (Å²) in [5, 5.41) is 2.82. The van der Waals surface area contributed by atoms with Gasteiger partial charge in [-0.1, -0.05) is 0 Å². The average Bonchev–Trinajstić information content (AvgIpc) is 2.27. The quantitative estimate of drug-likeness (QED) is 0.856. The van der Waals surface area contributed by atoms with Crippen molar-refractivity contribution in [3.05, 3.63) is 24.0 Å². The molecule has 3 nitrogen and oxygen atoms in total. The van der Waals surface area contributed by atoms with Crippen molar-refractivity contribution < 1.29 is 9.13 Å². The number of nitrogens with zero attached hydrogens (tertiary/aromatic N) is 1. The smallest absolute Gasteiger partial charge is 0.148 e. The van der Waals surface area contributed by atoms with E-state index in [9.17, 15) is 4.39 Å². The van der Waals surface area contributed by atoms with Crippen molar-refractivity contribution in [1.82, 2.24) is 0 Å². The lowest BCUT2D eigenvalue weighted by molar-refractivity contribution is -0.00523. The highest BCUT2D eigenvalue weighted by atomic mass is 19.1. The molecule has 1 aromatic rings. The molecule has 1 aromatic carbocycles. The molecule has 0 bridgehead atoms. The van der Waals surface area contributed by atoms with Gasteiger partial charge in [-0.05, 0) is 32.0 Å². The molecule has 17 heavy (non-hydrogen) atoms. The van der Waals surface area contributed by atoms with E-state index in [-0.39, 0.29) is 18.0 Å². The first-order valence-corrected chi connectivity index (χ1v) is 5.98. The van der Waals surface area contributed by atoms with Gasteiger partial charge < -0.3 is 15.0 Å². The minimum absolute atomic E-state index is 0.186. The van der Waals surface area contributed by atoms with Crippen LogP contribution in [0.1, 0.15) is 13.8 Å². The molecule has 2 atom stereocenters. The Morgan fingerprint density at radius 3 is 2.47 bits per heavy atom. The van der Waals surface area contributed by atoms with Crippen molar-refractivity contribution in [3.8, 4) is 0 Å². The van der Waals surface area contributed by atoms with Gasteiger partial charge in [0.2, 0.25) is 0 Å². The molecule has 4 heteroatoms. The Kier molecular flexibility index (Phi) is 3.52. The molecule has 1 heterocycles. The maximum atomic E-state index is 13.7. The summed E-state index contributed by atoms with van der Waals surface area (Å²) in [6, 6.07) is 5.30. The summed E-state index contributed by atoms with van der Waals surface area (Å²) in [6.45, 7) is 5.70. The maximum Gasteiger partial charge on any atom is 0.148 e. The fourth-order valence-corrected chi connectivity index (χ4v) is 2.29. The first kappa shape index (κ1) is 12.2. The van der Waals surface area contributed by atoms with Crippen LogP contribution >= 0.6 is 0 Å². The summed E-state index contributed by atoms with van der Waals surface area (Å²) < 4.78 is 19.3. The monoisotopic (exact) mass is 238 g/mol. The third-order valence-electron chi connectivity index (χ3n) is 3.01. The minimum Gasteiger partial charge on any atom is -0.386 e. The molecule has 1 aliphatic heterocycles. The zero-order chi connectivity index (χ0) is 12.4. The van der Waals surface area contributed by atoms with Gasteiger partial charge in [0.25, 0.3) is 0 Å². The van der Waals surface area contributed by atoms with Crippen molar-refractivity contribution in [2.75, 3.05) is 30.4 Å². The number of rotatable bonds is 2. The van der Waals surface area contributed by atoms with Crippen LogP contribution in [0, 0.1) is 5.82 Å². The molecule has 0 aromatic heterocycles. The maximum absolute atomic E-state index is 13.7.